The molecule has 166 valence electrons. The smallest absolute Gasteiger partial charge is 0.193 e. The molecule has 2 rings (SSSR count). The average Bonchev–Trinajstić information content (AvgIpc) is 2.74. The summed E-state index contributed by atoms with van der Waals surface area (Å²) >= 11 is 0. The molecule has 1 heterocycles. The summed E-state index contributed by atoms with van der Waals surface area (Å²) in [6.45, 7) is 9.42. The number of methoxy groups -OCH3 is 2. The molecule has 29 heavy (non-hydrogen) atoms. The van der Waals surface area contributed by atoms with Crippen LogP contribution in [0, 0.1) is 0 Å². The number of rotatable bonds is 10. The second-order valence-corrected chi connectivity index (χ2v) is 7.24. The van der Waals surface area contributed by atoms with Gasteiger partial charge in [-0.25, -0.2) is 0 Å². The van der Waals surface area contributed by atoms with Crippen molar-refractivity contribution in [2.45, 2.75) is 45.1 Å². The lowest BCUT2D eigenvalue weighted by Crippen LogP contribution is -2.47. The van der Waals surface area contributed by atoms with Crippen molar-refractivity contribution in [2.75, 3.05) is 53.6 Å². The molecule has 0 radical (unpaired) electrons. The standard InChI is InChI=1S/C22H37N3O3.HI/c1-5-23-22(24-17-18(2)20-9-6-7-10-21(20)27-4)25-13-11-19(12-14-25)28-16-8-15-26-3;/h6-7,9-10,18-19H,5,8,11-17H2,1-4H3,(H,23,24);1H. The zero-order chi connectivity index (χ0) is 20.2. The molecule has 7 heteroatoms. The molecule has 0 bridgehead atoms. The van der Waals surface area contributed by atoms with E-state index in [0.717, 1.165) is 70.4 Å². The molecular weight excluding hydrogens is 481 g/mol. The summed E-state index contributed by atoms with van der Waals surface area (Å²) in [7, 11) is 3.45. The van der Waals surface area contributed by atoms with Gasteiger partial charge >= 0.3 is 0 Å². The third-order valence-electron chi connectivity index (χ3n) is 5.11. The predicted molar refractivity (Wildman–Crippen MR) is 130 cm³/mol. The van der Waals surface area contributed by atoms with E-state index in [1.165, 1.54) is 5.56 Å². The molecule has 1 aromatic carbocycles. The van der Waals surface area contributed by atoms with E-state index in [-0.39, 0.29) is 24.0 Å². The molecule has 0 amide bonds. The summed E-state index contributed by atoms with van der Waals surface area (Å²) in [4.78, 5) is 7.27. The molecule has 1 unspecified atom stereocenters. The molecule has 0 spiro atoms. The van der Waals surface area contributed by atoms with Crippen LogP contribution in [0.2, 0.25) is 0 Å². The number of guanidine groups is 1. The van der Waals surface area contributed by atoms with E-state index >= 15 is 0 Å². The minimum absolute atomic E-state index is 0. The highest BCUT2D eigenvalue weighted by Crippen LogP contribution is 2.26. The van der Waals surface area contributed by atoms with Crippen LogP contribution < -0.4 is 10.1 Å². The number of para-hydroxylation sites is 1. The van der Waals surface area contributed by atoms with Gasteiger partial charge in [-0.15, -0.1) is 24.0 Å². The van der Waals surface area contributed by atoms with E-state index in [1.807, 2.05) is 12.1 Å². The Labute approximate surface area is 193 Å². The number of ether oxygens (including phenoxy) is 3. The Morgan fingerprint density at radius 3 is 2.59 bits per heavy atom. The third kappa shape index (κ3) is 8.68. The van der Waals surface area contributed by atoms with E-state index in [1.54, 1.807) is 14.2 Å². The normalized spacial score (nSPS) is 16.3. The van der Waals surface area contributed by atoms with Crippen molar-refractivity contribution in [3.05, 3.63) is 29.8 Å². The molecule has 6 nitrogen and oxygen atoms in total. The number of nitrogens with zero attached hydrogens (tertiary/aromatic N) is 2. The van der Waals surface area contributed by atoms with Crippen LogP contribution in [-0.4, -0.2) is 70.6 Å². The third-order valence-corrected chi connectivity index (χ3v) is 5.11. The molecule has 1 aromatic rings. The summed E-state index contributed by atoms with van der Waals surface area (Å²) in [6, 6.07) is 8.20. The first-order valence-electron chi connectivity index (χ1n) is 10.5. The van der Waals surface area contributed by atoms with Crippen LogP contribution >= 0.6 is 24.0 Å². The number of hydrogen-bond acceptors (Lipinski definition) is 4. The van der Waals surface area contributed by atoms with Gasteiger partial charge in [-0.05, 0) is 37.8 Å². The van der Waals surface area contributed by atoms with E-state index < -0.39 is 0 Å². The summed E-state index contributed by atoms with van der Waals surface area (Å²) in [5.74, 6) is 2.23. The lowest BCUT2D eigenvalue weighted by Gasteiger charge is -2.34. The van der Waals surface area contributed by atoms with Gasteiger partial charge in [0.05, 0.1) is 13.2 Å². The Morgan fingerprint density at radius 1 is 1.21 bits per heavy atom. The molecule has 1 fully saturated rings. The van der Waals surface area contributed by atoms with Gasteiger partial charge in [0.15, 0.2) is 5.96 Å². The average molecular weight is 519 g/mol. The van der Waals surface area contributed by atoms with E-state index in [4.69, 9.17) is 19.2 Å². The SMILES string of the molecule is CCNC(=NCC(C)c1ccccc1OC)N1CCC(OCCCOC)CC1.I. The van der Waals surface area contributed by atoms with Crippen LogP contribution in [0.15, 0.2) is 29.3 Å². The van der Waals surface area contributed by atoms with Gasteiger partial charge in [0, 0.05) is 52.4 Å². The van der Waals surface area contributed by atoms with Gasteiger partial charge in [0.1, 0.15) is 5.75 Å². The lowest BCUT2D eigenvalue weighted by atomic mass is 10.0. The number of halogens is 1. The molecule has 1 N–H and O–H groups in total. The zero-order valence-electron chi connectivity index (χ0n) is 18.4. The van der Waals surface area contributed by atoms with Crippen molar-refractivity contribution in [3.63, 3.8) is 0 Å². The van der Waals surface area contributed by atoms with Crippen LogP contribution in [0.1, 0.15) is 44.6 Å². The summed E-state index contributed by atoms with van der Waals surface area (Å²) in [6.07, 6.45) is 3.39. The molecule has 1 saturated heterocycles. The number of piperidine rings is 1. The number of nitrogens with one attached hydrogen (secondary N) is 1. The monoisotopic (exact) mass is 519 g/mol. The molecule has 0 aliphatic carbocycles. The first-order valence-corrected chi connectivity index (χ1v) is 10.5. The Hall–Kier alpha value is -1.06. The van der Waals surface area contributed by atoms with Crippen LogP contribution in [-0.2, 0) is 9.47 Å². The number of likely N-dealkylation sites (tertiary alicyclic amines) is 1. The second kappa shape index (κ2) is 14.8. The number of benzene rings is 1. The minimum atomic E-state index is 0. The fraction of sp³-hybridized carbons (Fsp3) is 0.682. The second-order valence-electron chi connectivity index (χ2n) is 7.24. The van der Waals surface area contributed by atoms with Crippen LogP contribution in [0.25, 0.3) is 0 Å². The van der Waals surface area contributed by atoms with Gasteiger partial charge in [-0.1, -0.05) is 25.1 Å². The maximum absolute atomic E-state index is 5.97. The molecule has 1 atom stereocenters. The number of hydrogen-bond donors (Lipinski definition) is 1. The predicted octanol–water partition coefficient (Wildman–Crippen LogP) is 3.90. The Balaban J connectivity index is 0.00000420. The highest BCUT2D eigenvalue weighted by molar-refractivity contribution is 14.0. The van der Waals surface area contributed by atoms with Gasteiger partial charge < -0.3 is 24.4 Å². The van der Waals surface area contributed by atoms with Crippen molar-refractivity contribution in [1.82, 2.24) is 10.2 Å². The largest absolute Gasteiger partial charge is 0.496 e. The topological polar surface area (TPSA) is 55.3 Å². The lowest BCUT2D eigenvalue weighted by molar-refractivity contribution is 0.00990. The summed E-state index contributed by atoms with van der Waals surface area (Å²) in [5, 5.41) is 3.45. The Kier molecular flexibility index (Phi) is 13.3. The van der Waals surface area contributed by atoms with Gasteiger partial charge in [0.25, 0.3) is 0 Å². The molecule has 1 aliphatic rings. The van der Waals surface area contributed by atoms with Gasteiger partial charge in [0.2, 0.25) is 0 Å². The van der Waals surface area contributed by atoms with Crippen molar-refractivity contribution in [3.8, 4) is 5.75 Å². The Bertz CT molecular complexity index is 592. The van der Waals surface area contributed by atoms with Crippen LogP contribution in [0.3, 0.4) is 0 Å². The molecule has 0 aromatic heterocycles. The zero-order valence-corrected chi connectivity index (χ0v) is 20.7. The first kappa shape index (κ1) is 26.0. The van der Waals surface area contributed by atoms with E-state index in [0.29, 0.717) is 12.0 Å². The van der Waals surface area contributed by atoms with Crippen LogP contribution in [0.4, 0.5) is 0 Å². The van der Waals surface area contributed by atoms with Gasteiger partial charge in [-0.2, -0.15) is 0 Å². The minimum Gasteiger partial charge on any atom is -0.496 e. The van der Waals surface area contributed by atoms with E-state index in [9.17, 15) is 0 Å². The molecule has 1 aliphatic heterocycles. The van der Waals surface area contributed by atoms with Crippen molar-refractivity contribution < 1.29 is 14.2 Å². The van der Waals surface area contributed by atoms with Crippen molar-refractivity contribution in [1.29, 1.82) is 0 Å². The first-order chi connectivity index (χ1) is 13.7. The van der Waals surface area contributed by atoms with Gasteiger partial charge in [-0.3, -0.25) is 4.99 Å². The van der Waals surface area contributed by atoms with E-state index in [2.05, 4.69) is 36.2 Å². The maximum Gasteiger partial charge on any atom is 0.193 e. The molecule has 0 saturated carbocycles. The number of aliphatic imine (C=N–C) groups is 1. The fourth-order valence-electron chi connectivity index (χ4n) is 3.51. The summed E-state index contributed by atoms with van der Waals surface area (Å²) < 4.78 is 16.6. The maximum atomic E-state index is 5.97. The quantitative estimate of drug-likeness (QED) is 0.220. The highest BCUT2D eigenvalue weighted by Gasteiger charge is 2.22. The molecular formula is C22H38IN3O3. The Morgan fingerprint density at radius 2 is 1.93 bits per heavy atom. The van der Waals surface area contributed by atoms with Crippen LogP contribution in [0.5, 0.6) is 5.75 Å². The van der Waals surface area contributed by atoms with Crippen molar-refractivity contribution in [2.24, 2.45) is 4.99 Å². The fourth-order valence-corrected chi connectivity index (χ4v) is 3.51. The van der Waals surface area contributed by atoms with Crippen molar-refractivity contribution >= 4 is 29.9 Å². The highest BCUT2D eigenvalue weighted by atomic mass is 127. The summed E-state index contributed by atoms with van der Waals surface area (Å²) in [5.41, 5.74) is 1.20.